The smallest absolute Gasteiger partial charge is 0.282 e. The SMILES string of the molecule is Cc1ccc(F)cc1NC(=O)c1nc2ccccc2n(C)c1=O. The molecule has 0 saturated carbocycles. The molecule has 1 aromatic heterocycles. The third-order valence-electron chi connectivity index (χ3n) is 3.65. The Labute approximate surface area is 131 Å². The summed E-state index contributed by atoms with van der Waals surface area (Å²) < 4.78 is 14.7. The molecule has 0 aliphatic rings. The van der Waals surface area contributed by atoms with E-state index in [0.29, 0.717) is 22.3 Å². The van der Waals surface area contributed by atoms with E-state index in [1.807, 2.05) is 0 Å². The van der Waals surface area contributed by atoms with Gasteiger partial charge in [0.2, 0.25) is 0 Å². The molecular weight excluding hydrogens is 297 g/mol. The summed E-state index contributed by atoms with van der Waals surface area (Å²) in [5.41, 5.74) is 1.45. The van der Waals surface area contributed by atoms with Crippen molar-refractivity contribution >= 4 is 22.6 Å². The van der Waals surface area contributed by atoms with Gasteiger partial charge in [-0.05, 0) is 36.8 Å². The first-order chi connectivity index (χ1) is 11.0. The summed E-state index contributed by atoms with van der Waals surface area (Å²) in [6, 6.07) is 11.1. The van der Waals surface area contributed by atoms with Crippen LogP contribution in [-0.4, -0.2) is 15.5 Å². The van der Waals surface area contributed by atoms with Gasteiger partial charge in [-0.25, -0.2) is 9.37 Å². The molecule has 0 saturated heterocycles. The number of carbonyl (C=O) groups excluding carboxylic acids is 1. The maximum Gasteiger partial charge on any atom is 0.282 e. The third kappa shape index (κ3) is 2.70. The summed E-state index contributed by atoms with van der Waals surface area (Å²) in [5.74, 6) is -1.13. The number of amides is 1. The lowest BCUT2D eigenvalue weighted by Crippen LogP contribution is -2.30. The van der Waals surface area contributed by atoms with Crippen LogP contribution >= 0.6 is 0 Å². The number of hydrogen-bond acceptors (Lipinski definition) is 3. The second-order valence-electron chi connectivity index (χ2n) is 5.23. The van der Waals surface area contributed by atoms with Gasteiger partial charge in [-0.3, -0.25) is 9.59 Å². The summed E-state index contributed by atoms with van der Waals surface area (Å²) in [7, 11) is 1.58. The van der Waals surface area contributed by atoms with Crippen molar-refractivity contribution in [2.75, 3.05) is 5.32 Å². The first kappa shape index (κ1) is 14.9. The molecule has 0 aliphatic heterocycles. The van der Waals surface area contributed by atoms with E-state index in [4.69, 9.17) is 0 Å². The van der Waals surface area contributed by atoms with Crippen molar-refractivity contribution in [3.63, 3.8) is 0 Å². The molecule has 23 heavy (non-hydrogen) atoms. The van der Waals surface area contributed by atoms with Gasteiger partial charge in [0.05, 0.1) is 11.0 Å². The van der Waals surface area contributed by atoms with Gasteiger partial charge in [0, 0.05) is 12.7 Å². The number of nitrogens with one attached hydrogen (secondary N) is 1. The number of nitrogens with zero attached hydrogens (tertiary/aromatic N) is 2. The van der Waals surface area contributed by atoms with Crippen LogP contribution in [0.3, 0.4) is 0 Å². The Morgan fingerprint density at radius 3 is 2.74 bits per heavy atom. The highest BCUT2D eigenvalue weighted by atomic mass is 19.1. The van der Waals surface area contributed by atoms with Gasteiger partial charge in [-0.1, -0.05) is 18.2 Å². The highest BCUT2D eigenvalue weighted by Crippen LogP contribution is 2.17. The molecular formula is C17H14FN3O2. The largest absolute Gasteiger partial charge is 0.320 e. The van der Waals surface area contributed by atoms with Crippen LogP contribution in [0.5, 0.6) is 0 Å². The zero-order valence-corrected chi connectivity index (χ0v) is 12.6. The first-order valence-electron chi connectivity index (χ1n) is 7.00. The number of rotatable bonds is 2. The fourth-order valence-electron chi connectivity index (χ4n) is 2.34. The molecule has 3 aromatic rings. The van der Waals surface area contributed by atoms with Crippen molar-refractivity contribution < 1.29 is 9.18 Å². The van der Waals surface area contributed by atoms with Gasteiger partial charge in [0.15, 0.2) is 5.69 Å². The summed E-state index contributed by atoms with van der Waals surface area (Å²) in [4.78, 5) is 28.9. The molecule has 0 atom stereocenters. The molecule has 1 heterocycles. The second kappa shape index (κ2) is 5.64. The lowest BCUT2D eigenvalue weighted by Gasteiger charge is -2.10. The molecule has 116 valence electrons. The third-order valence-corrected chi connectivity index (χ3v) is 3.65. The van der Waals surface area contributed by atoms with Gasteiger partial charge in [0.1, 0.15) is 5.82 Å². The number of halogens is 1. The lowest BCUT2D eigenvalue weighted by atomic mass is 10.2. The Balaban J connectivity index is 2.06. The van der Waals surface area contributed by atoms with E-state index in [2.05, 4.69) is 10.3 Å². The average molecular weight is 311 g/mol. The molecule has 1 N–H and O–H groups in total. The highest BCUT2D eigenvalue weighted by molar-refractivity contribution is 6.03. The van der Waals surface area contributed by atoms with Gasteiger partial charge in [-0.2, -0.15) is 0 Å². The minimum atomic E-state index is -0.662. The van der Waals surface area contributed by atoms with Crippen molar-refractivity contribution in [3.8, 4) is 0 Å². The van der Waals surface area contributed by atoms with Crippen LogP contribution < -0.4 is 10.9 Å². The number of aromatic nitrogens is 2. The van der Waals surface area contributed by atoms with Crippen molar-refractivity contribution in [2.24, 2.45) is 7.05 Å². The summed E-state index contributed by atoms with van der Waals surface area (Å²) in [5, 5.41) is 2.55. The predicted molar refractivity (Wildman–Crippen MR) is 86.1 cm³/mol. The van der Waals surface area contributed by atoms with Crippen LogP contribution in [0.25, 0.3) is 11.0 Å². The van der Waals surface area contributed by atoms with Crippen molar-refractivity contribution in [1.29, 1.82) is 0 Å². The number of carbonyl (C=O) groups is 1. The van der Waals surface area contributed by atoms with Crippen LogP contribution in [0.15, 0.2) is 47.3 Å². The zero-order valence-electron chi connectivity index (χ0n) is 12.6. The summed E-state index contributed by atoms with van der Waals surface area (Å²) in [6.07, 6.45) is 0. The van der Waals surface area contributed by atoms with Crippen molar-refractivity contribution in [2.45, 2.75) is 6.92 Å². The van der Waals surface area contributed by atoms with Gasteiger partial charge >= 0.3 is 0 Å². The highest BCUT2D eigenvalue weighted by Gasteiger charge is 2.17. The topological polar surface area (TPSA) is 64.0 Å². The van der Waals surface area contributed by atoms with E-state index >= 15 is 0 Å². The van der Waals surface area contributed by atoms with Crippen LogP contribution in [0, 0.1) is 12.7 Å². The molecule has 0 unspecified atom stereocenters. The molecule has 5 nitrogen and oxygen atoms in total. The number of hydrogen-bond donors (Lipinski definition) is 1. The van der Waals surface area contributed by atoms with Gasteiger partial charge < -0.3 is 9.88 Å². The molecule has 0 radical (unpaired) electrons. The first-order valence-corrected chi connectivity index (χ1v) is 7.00. The van der Waals surface area contributed by atoms with Crippen LogP contribution in [-0.2, 0) is 7.05 Å². The van der Waals surface area contributed by atoms with Crippen LogP contribution in [0.2, 0.25) is 0 Å². The fourth-order valence-corrected chi connectivity index (χ4v) is 2.34. The Bertz CT molecular complexity index is 979. The number of anilines is 1. The van der Waals surface area contributed by atoms with E-state index in [0.717, 1.165) is 0 Å². The monoisotopic (exact) mass is 311 g/mol. The number of aryl methyl sites for hydroxylation is 2. The van der Waals surface area contributed by atoms with E-state index in [1.54, 1.807) is 44.3 Å². The Kier molecular flexibility index (Phi) is 3.65. The van der Waals surface area contributed by atoms with Crippen LogP contribution in [0.4, 0.5) is 10.1 Å². The fraction of sp³-hybridized carbons (Fsp3) is 0.118. The van der Waals surface area contributed by atoms with Gasteiger partial charge in [0.25, 0.3) is 11.5 Å². The molecule has 0 bridgehead atoms. The average Bonchev–Trinajstić information content (AvgIpc) is 2.54. The molecule has 0 spiro atoms. The minimum absolute atomic E-state index is 0.227. The molecule has 6 heteroatoms. The van der Waals surface area contributed by atoms with E-state index in [1.165, 1.54) is 16.7 Å². The maximum atomic E-state index is 13.3. The van der Waals surface area contributed by atoms with Crippen molar-refractivity contribution in [3.05, 3.63) is 69.9 Å². The number of benzene rings is 2. The summed E-state index contributed by atoms with van der Waals surface area (Å²) >= 11 is 0. The van der Waals surface area contributed by atoms with Gasteiger partial charge in [-0.15, -0.1) is 0 Å². The normalized spacial score (nSPS) is 10.7. The second-order valence-corrected chi connectivity index (χ2v) is 5.23. The van der Waals surface area contributed by atoms with E-state index in [9.17, 15) is 14.0 Å². The predicted octanol–water partition coefficient (Wildman–Crippen LogP) is 2.63. The van der Waals surface area contributed by atoms with E-state index in [-0.39, 0.29) is 5.69 Å². The maximum absolute atomic E-state index is 13.3. The molecule has 0 aliphatic carbocycles. The Morgan fingerprint density at radius 2 is 1.96 bits per heavy atom. The van der Waals surface area contributed by atoms with Crippen LogP contribution in [0.1, 0.15) is 16.1 Å². The Morgan fingerprint density at radius 1 is 1.22 bits per heavy atom. The quantitative estimate of drug-likeness (QED) is 0.791. The van der Waals surface area contributed by atoms with E-state index < -0.39 is 17.3 Å². The summed E-state index contributed by atoms with van der Waals surface area (Å²) in [6.45, 7) is 1.74. The molecule has 1 amide bonds. The van der Waals surface area contributed by atoms with Crippen molar-refractivity contribution in [1.82, 2.24) is 9.55 Å². The lowest BCUT2D eigenvalue weighted by molar-refractivity contribution is 0.102. The standard InChI is InChI=1S/C17H14FN3O2/c1-10-7-8-11(18)9-13(10)20-16(22)15-17(23)21(2)14-6-4-3-5-12(14)19-15/h3-9H,1-2H3,(H,20,22). The number of para-hydroxylation sites is 2. The molecule has 3 rings (SSSR count). The number of fused-ring (bicyclic) bond motifs is 1. The Hall–Kier alpha value is -3.02. The molecule has 2 aromatic carbocycles. The minimum Gasteiger partial charge on any atom is -0.320 e. The zero-order chi connectivity index (χ0) is 16.6. The molecule has 0 fully saturated rings.